The minimum absolute atomic E-state index is 0.00130. The maximum atomic E-state index is 14.1. The molecule has 2 amide bonds. The first kappa shape index (κ1) is 29.0. The Labute approximate surface area is 247 Å². The number of likely N-dealkylation sites (tertiary alicyclic amines) is 1. The Hall–Kier alpha value is -3.52. The Morgan fingerprint density at radius 3 is 2.32 bits per heavy atom. The average Bonchev–Trinajstić information content (AvgIpc) is 3.37. The van der Waals surface area contributed by atoms with E-state index in [0.29, 0.717) is 49.6 Å². The minimum atomic E-state index is -0.542. The van der Waals surface area contributed by atoms with E-state index in [1.165, 1.54) is 11.3 Å². The van der Waals surface area contributed by atoms with Crippen LogP contribution in [0, 0.1) is 6.92 Å². The number of piperazine rings is 1. The van der Waals surface area contributed by atoms with Crippen LogP contribution in [0.4, 0.5) is 10.5 Å². The van der Waals surface area contributed by atoms with Crippen LogP contribution in [0.15, 0.2) is 54.7 Å². The van der Waals surface area contributed by atoms with Gasteiger partial charge in [0.25, 0.3) is 5.91 Å². The van der Waals surface area contributed by atoms with Crippen molar-refractivity contribution in [1.29, 1.82) is 0 Å². The quantitative estimate of drug-likeness (QED) is 0.364. The fourth-order valence-corrected chi connectivity index (χ4v) is 6.08. The van der Waals surface area contributed by atoms with Crippen LogP contribution in [0.2, 0.25) is 5.02 Å². The molecule has 3 aromatic rings. The number of halogens is 1. The van der Waals surface area contributed by atoms with Gasteiger partial charge in [0.15, 0.2) is 0 Å². The maximum absolute atomic E-state index is 14.1. The number of anilines is 1. The summed E-state index contributed by atoms with van der Waals surface area (Å²) in [6.45, 7) is 13.0. The van der Waals surface area contributed by atoms with Crippen LogP contribution in [-0.4, -0.2) is 75.9 Å². The summed E-state index contributed by atoms with van der Waals surface area (Å²) < 4.78 is 7.46. The van der Waals surface area contributed by atoms with Crippen molar-refractivity contribution >= 4 is 29.3 Å². The first-order chi connectivity index (χ1) is 19.5. The first-order valence-corrected chi connectivity index (χ1v) is 14.8. The predicted molar refractivity (Wildman–Crippen MR) is 162 cm³/mol. The van der Waals surface area contributed by atoms with Crippen molar-refractivity contribution < 1.29 is 14.3 Å². The molecule has 0 radical (unpaired) electrons. The third-order valence-corrected chi connectivity index (χ3v) is 8.11. The summed E-state index contributed by atoms with van der Waals surface area (Å²) in [6.07, 6.45) is 2.83. The van der Waals surface area contributed by atoms with Crippen LogP contribution in [0.3, 0.4) is 0 Å². The second-order valence-electron chi connectivity index (χ2n) is 12.2. The summed E-state index contributed by atoms with van der Waals surface area (Å²) in [5.74, 6) is 0.0544. The van der Waals surface area contributed by atoms with Gasteiger partial charge in [0.05, 0.1) is 23.1 Å². The van der Waals surface area contributed by atoms with E-state index >= 15 is 0 Å². The molecule has 2 aliphatic heterocycles. The third-order valence-electron chi connectivity index (χ3n) is 7.87. The number of aromatic nitrogens is 2. The van der Waals surface area contributed by atoms with E-state index in [0.717, 1.165) is 17.9 Å². The van der Waals surface area contributed by atoms with Crippen molar-refractivity contribution in [3.63, 3.8) is 0 Å². The number of ether oxygens (including phenoxy) is 1. The fourth-order valence-electron chi connectivity index (χ4n) is 5.89. The molecule has 0 N–H and O–H groups in total. The van der Waals surface area contributed by atoms with Gasteiger partial charge in [-0.2, -0.15) is 5.10 Å². The van der Waals surface area contributed by atoms with Gasteiger partial charge in [-0.3, -0.25) is 4.79 Å². The summed E-state index contributed by atoms with van der Waals surface area (Å²) in [5, 5.41) is 5.32. The molecule has 5 rings (SSSR count). The largest absolute Gasteiger partial charge is 0.444 e. The molecule has 2 aromatic carbocycles. The van der Waals surface area contributed by atoms with Crippen LogP contribution in [0.5, 0.6) is 0 Å². The first-order valence-electron chi connectivity index (χ1n) is 14.4. The molecule has 41 heavy (non-hydrogen) atoms. The Morgan fingerprint density at radius 2 is 1.66 bits per heavy atom. The van der Waals surface area contributed by atoms with E-state index in [4.69, 9.17) is 21.4 Å². The van der Waals surface area contributed by atoms with E-state index in [1.54, 1.807) is 11.1 Å². The number of benzene rings is 2. The van der Waals surface area contributed by atoms with Gasteiger partial charge in [0, 0.05) is 55.4 Å². The molecule has 0 spiro atoms. The Kier molecular flexibility index (Phi) is 8.32. The van der Waals surface area contributed by atoms with Gasteiger partial charge in [-0.25, -0.2) is 9.48 Å². The topological polar surface area (TPSA) is 70.9 Å². The molecular formula is C32H40ClN5O3. The lowest BCUT2D eigenvalue weighted by Gasteiger charge is -2.41. The Morgan fingerprint density at radius 1 is 0.951 bits per heavy atom. The summed E-state index contributed by atoms with van der Waals surface area (Å²) in [5.41, 5.74) is 4.20. The summed E-state index contributed by atoms with van der Waals surface area (Å²) in [7, 11) is 0. The molecule has 2 aliphatic rings. The molecule has 2 fully saturated rings. The molecule has 0 bridgehead atoms. The van der Waals surface area contributed by atoms with Gasteiger partial charge in [0.2, 0.25) is 0 Å². The molecule has 9 heteroatoms. The smallest absolute Gasteiger partial charge is 0.410 e. The summed E-state index contributed by atoms with van der Waals surface area (Å²) in [6, 6.07) is 16.2. The highest BCUT2D eigenvalue weighted by Crippen LogP contribution is 2.34. The number of carbonyl (C=O) groups excluding carboxylic acids is 2. The number of hydrogen-bond donors (Lipinski definition) is 0. The molecule has 0 saturated carbocycles. The highest BCUT2D eigenvalue weighted by atomic mass is 35.5. The van der Waals surface area contributed by atoms with E-state index in [9.17, 15) is 9.59 Å². The molecule has 0 unspecified atom stereocenters. The molecular weight excluding hydrogens is 538 g/mol. The molecule has 8 nitrogen and oxygen atoms in total. The zero-order valence-corrected chi connectivity index (χ0v) is 25.4. The molecule has 2 saturated heterocycles. The Balaban J connectivity index is 1.38. The number of carbonyl (C=O) groups is 2. The number of aryl methyl sites for hydroxylation is 1. The van der Waals surface area contributed by atoms with Crippen molar-refractivity contribution in [3.8, 4) is 5.69 Å². The lowest BCUT2D eigenvalue weighted by Crippen LogP contribution is -2.54. The van der Waals surface area contributed by atoms with Crippen molar-refractivity contribution in [3.05, 3.63) is 76.6 Å². The summed E-state index contributed by atoms with van der Waals surface area (Å²) in [4.78, 5) is 32.9. The second kappa shape index (κ2) is 11.8. The van der Waals surface area contributed by atoms with Gasteiger partial charge in [-0.15, -0.1) is 0 Å². The van der Waals surface area contributed by atoms with Crippen LogP contribution < -0.4 is 4.90 Å². The van der Waals surface area contributed by atoms with Crippen molar-refractivity contribution in [1.82, 2.24) is 19.6 Å². The zero-order valence-electron chi connectivity index (χ0n) is 24.6. The van der Waals surface area contributed by atoms with Gasteiger partial charge >= 0.3 is 6.09 Å². The van der Waals surface area contributed by atoms with Gasteiger partial charge < -0.3 is 19.4 Å². The van der Waals surface area contributed by atoms with Crippen molar-refractivity contribution in [2.75, 3.05) is 37.6 Å². The fraction of sp³-hybridized carbons (Fsp3) is 0.469. The molecule has 3 heterocycles. The Bertz CT molecular complexity index is 1410. The average molecular weight is 578 g/mol. The number of hydrogen-bond acceptors (Lipinski definition) is 5. The van der Waals surface area contributed by atoms with Crippen LogP contribution in [0.1, 0.15) is 68.1 Å². The monoisotopic (exact) mass is 577 g/mol. The summed E-state index contributed by atoms with van der Waals surface area (Å²) >= 11 is 6.34. The maximum Gasteiger partial charge on any atom is 0.410 e. The number of amides is 2. The van der Waals surface area contributed by atoms with E-state index in [2.05, 4.69) is 43.0 Å². The van der Waals surface area contributed by atoms with E-state index < -0.39 is 5.60 Å². The lowest BCUT2D eigenvalue weighted by atomic mass is 9.90. The standard InChI is InChI=1S/C32H40ClN5O3/c1-22-8-6-10-26(18-22)37-17-16-36(21-23(37)2)30(39)28-20-34-38(27-11-7-9-25(33)19-27)29(28)24-12-14-35(15-13-24)31(40)41-32(3,4)5/h6-11,18-20,23-24H,12-17,21H2,1-5H3/t23-/m1/s1. The van der Waals surface area contributed by atoms with Crippen molar-refractivity contribution in [2.45, 2.75) is 65.0 Å². The van der Waals surface area contributed by atoms with Crippen LogP contribution in [-0.2, 0) is 4.74 Å². The highest BCUT2D eigenvalue weighted by molar-refractivity contribution is 6.30. The lowest BCUT2D eigenvalue weighted by molar-refractivity contribution is 0.0203. The molecule has 0 aliphatic carbocycles. The van der Waals surface area contributed by atoms with Gasteiger partial charge in [-0.1, -0.05) is 29.8 Å². The number of piperidine rings is 1. The molecule has 1 atom stereocenters. The molecule has 218 valence electrons. The second-order valence-corrected chi connectivity index (χ2v) is 12.6. The molecule has 1 aromatic heterocycles. The van der Waals surface area contributed by atoms with E-state index in [-0.39, 0.29) is 24.0 Å². The van der Waals surface area contributed by atoms with Crippen LogP contribution in [0.25, 0.3) is 5.69 Å². The highest BCUT2D eigenvalue weighted by Gasteiger charge is 2.35. The zero-order chi connectivity index (χ0) is 29.3. The normalized spacial score (nSPS) is 18.5. The number of rotatable bonds is 4. The van der Waals surface area contributed by atoms with Gasteiger partial charge in [0.1, 0.15) is 5.60 Å². The third kappa shape index (κ3) is 6.53. The van der Waals surface area contributed by atoms with Crippen molar-refractivity contribution in [2.24, 2.45) is 0 Å². The SMILES string of the molecule is Cc1cccc(N2CCN(C(=O)c3cnn(-c4cccc(Cl)c4)c3C3CCN(C(=O)OC(C)(C)C)CC3)C[C@H]2C)c1. The minimum Gasteiger partial charge on any atom is -0.444 e. The van der Waals surface area contributed by atoms with Crippen LogP contribution >= 0.6 is 11.6 Å². The van der Waals surface area contributed by atoms with E-state index in [1.807, 2.05) is 54.6 Å². The van der Waals surface area contributed by atoms with Gasteiger partial charge in [-0.05, 0) is 83.4 Å². The number of nitrogens with zero attached hydrogens (tertiary/aromatic N) is 5. The predicted octanol–water partition coefficient (Wildman–Crippen LogP) is 6.30.